The largest absolute Gasteiger partial charge is 0.481 e. The van der Waals surface area contributed by atoms with Gasteiger partial charge < -0.3 is 5.11 Å². The first-order valence-corrected chi connectivity index (χ1v) is 6.12. The van der Waals surface area contributed by atoms with Crippen molar-refractivity contribution in [2.45, 2.75) is 64.5 Å². The number of rotatable bonds is 4. The van der Waals surface area contributed by atoms with E-state index in [0.29, 0.717) is 6.04 Å². The molecule has 0 saturated carbocycles. The fourth-order valence-electron chi connectivity index (χ4n) is 2.59. The summed E-state index contributed by atoms with van der Waals surface area (Å²) in [5.41, 5.74) is 0. The van der Waals surface area contributed by atoms with Gasteiger partial charge in [-0.25, -0.2) is 0 Å². The molecule has 1 aliphatic rings. The third-order valence-electron chi connectivity index (χ3n) is 3.43. The number of aliphatic carboxylic acids is 1. The summed E-state index contributed by atoms with van der Waals surface area (Å²) >= 11 is 0. The molecule has 1 saturated heterocycles. The van der Waals surface area contributed by atoms with Crippen molar-refractivity contribution in [2.24, 2.45) is 0 Å². The van der Waals surface area contributed by atoms with E-state index >= 15 is 0 Å². The van der Waals surface area contributed by atoms with Gasteiger partial charge in [-0.15, -0.1) is 0 Å². The highest BCUT2D eigenvalue weighted by atomic mass is 16.4. The molecule has 0 bridgehead atoms. The van der Waals surface area contributed by atoms with Gasteiger partial charge in [-0.2, -0.15) is 0 Å². The average Bonchev–Trinajstić information content (AvgIpc) is 2.40. The Balaban J connectivity index is 2.56. The molecule has 0 aromatic heterocycles. The lowest BCUT2D eigenvalue weighted by Gasteiger charge is -2.34. The smallest absolute Gasteiger partial charge is 0.304 e. The lowest BCUT2D eigenvalue weighted by atomic mass is 10.1. The Kier molecular flexibility index (Phi) is 5.09. The van der Waals surface area contributed by atoms with Gasteiger partial charge in [0.05, 0.1) is 6.42 Å². The van der Waals surface area contributed by atoms with Crippen LogP contribution in [0.15, 0.2) is 0 Å². The normalized spacial score (nSPS) is 25.9. The van der Waals surface area contributed by atoms with E-state index in [-0.39, 0.29) is 12.5 Å². The Bertz CT molecular complexity index is 206. The van der Waals surface area contributed by atoms with Crippen molar-refractivity contribution >= 4 is 5.97 Å². The van der Waals surface area contributed by atoms with Gasteiger partial charge >= 0.3 is 5.97 Å². The molecule has 3 nitrogen and oxygen atoms in total. The van der Waals surface area contributed by atoms with Crippen LogP contribution in [-0.4, -0.2) is 34.6 Å². The van der Waals surface area contributed by atoms with Crippen LogP contribution in [-0.2, 0) is 4.79 Å². The van der Waals surface area contributed by atoms with Gasteiger partial charge in [0.1, 0.15) is 0 Å². The first-order valence-electron chi connectivity index (χ1n) is 6.12. The topological polar surface area (TPSA) is 40.5 Å². The van der Waals surface area contributed by atoms with Crippen LogP contribution in [0.4, 0.5) is 0 Å². The van der Waals surface area contributed by atoms with Gasteiger partial charge in [0, 0.05) is 12.1 Å². The van der Waals surface area contributed by atoms with Crippen molar-refractivity contribution in [3.8, 4) is 0 Å². The van der Waals surface area contributed by atoms with Gasteiger partial charge in [0.25, 0.3) is 0 Å². The van der Waals surface area contributed by atoms with Gasteiger partial charge in [-0.1, -0.05) is 19.8 Å². The predicted octanol–water partition coefficient (Wildman–Crippen LogP) is 2.50. The highest BCUT2D eigenvalue weighted by Crippen LogP contribution is 2.22. The van der Waals surface area contributed by atoms with Crippen LogP contribution in [0.5, 0.6) is 0 Å². The first kappa shape index (κ1) is 12.5. The number of hydrogen-bond acceptors (Lipinski definition) is 2. The molecule has 0 aliphatic carbocycles. The van der Waals surface area contributed by atoms with Crippen LogP contribution in [0.2, 0.25) is 0 Å². The SMILES string of the molecule is CCC1CCCCCN1C(C)CC(=O)O. The number of carbonyl (C=O) groups is 1. The van der Waals surface area contributed by atoms with Crippen molar-refractivity contribution in [1.29, 1.82) is 0 Å². The maximum Gasteiger partial charge on any atom is 0.304 e. The zero-order valence-corrected chi connectivity index (χ0v) is 9.91. The molecule has 88 valence electrons. The molecule has 1 rings (SSSR count). The quantitative estimate of drug-likeness (QED) is 0.780. The van der Waals surface area contributed by atoms with Crippen molar-refractivity contribution in [3.05, 3.63) is 0 Å². The van der Waals surface area contributed by atoms with Crippen molar-refractivity contribution in [3.63, 3.8) is 0 Å². The lowest BCUT2D eigenvalue weighted by Crippen LogP contribution is -2.42. The van der Waals surface area contributed by atoms with Gasteiger partial charge in [-0.05, 0) is 32.7 Å². The summed E-state index contributed by atoms with van der Waals surface area (Å²) in [6.45, 7) is 5.32. The molecule has 3 heteroatoms. The molecule has 1 fully saturated rings. The summed E-state index contributed by atoms with van der Waals surface area (Å²) in [6, 6.07) is 0.785. The molecule has 1 N–H and O–H groups in total. The fourth-order valence-corrected chi connectivity index (χ4v) is 2.59. The molecule has 0 aromatic carbocycles. The standard InChI is InChI=1S/C12H23NO2/c1-3-11-7-5-4-6-8-13(11)10(2)9-12(14)15/h10-11H,3-9H2,1-2H3,(H,14,15). The number of carboxylic acids is 1. The van der Waals surface area contributed by atoms with E-state index < -0.39 is 5.97 Å². The summed E-state index contributed by atoms with van der Waals surface area (Å²) < 4.78 is 0. The molecule has 0 radical (unpaired) electrons. The summed E-state index contributed by atoms with van der Waals surface area (Å²) in [6.07, 6.45) is 6.48. The Hall–Kier alpha value is -0.570. The number of hydrogen-bond donors (Lipinski definition) is 1. The number of nitrogens with zero attached hydrogens (tertiary/aromatic N) is 1. The minimum absolute atomic E-state index is 0.186. The second kappa shape index (κ2) is 6.11. The molecule has 2 unspecified atom stereocenters. The Labute approximate surface area is 92.5 Å². The van der Waals surface area contributed by atoms with Gasteiger partial charge in [-0.3, -0.25) is 9.69 Å². The Morgan fingerprint density at radius 3 is 2.80 bits per heavy atom. The third kappa shape index (κ3) is 3.82. The molecule has 1 heterocycles. The molecular formula is C12H23NO2. The van der Waals surface area contributed by atoms with Crippen LogP contribution in [0, 0.1) is 0 Å². The Morgan fingerprint density at radius 1 is 1.47 bits per heavy atom. The van der Waals surface area contributed by atoms with E-state index in [9.17, 15) is 4.79 Å². The highest BCUT2D eigenvalue weighted by Gasteiger charge is 2.24. The summed E-state index contributed by atoms with van der Waals surface area (Å²) in [4.78, 5) is 13.1. The van der Waals surface area contributed by atoms with Gasteiger partial charge in [0.2, 0.25) is 0 Å². The van der Waals surface area contributed by atoms with Crippen molar-refractivity contribution < 1.29 is 9.90 Å². The summed E-state index contributed by atoms with van der Waals surface area (Å²) in [7, 11) is 0. The van der Waals surface area contributed by atoms with E-state index in [1.807, 2.05) is 6.92 Å². The number of carboxylic acid groups (broad SMARTS) is 1. The van der Waals surface area contributed by atoms with E-state index in [1.165, 1.54) is 25.7 Å². The maximum atomic E-state index is 10.7. The molecule has 2 atom stereocenters. The predicted molar refractivity (Wildman–Crippen MR) is 61.0 cm³/mol. The molecule has 0 amide bonds. The molecule has 15 heavy (non-hydrogen) atoms. The van der Waals surface area contributed by atoms with E-state index in [1.54, 1.807) is 0 Å². The highest BCUT2D eigenvalue weighted by molar-refractivity contribution is 5.67. The fraction of sp³-hybridized carbons (Fsp3) is 0.917. The number of likely N-dealkylation sites (tertiary alicyclic amines) is 1. The van der Waals surface area contributed by atoms with E-state index in [0.717, 1.165) is 13.0 Å². The van der Waals surface area contributed by atoms with Crippen molar-refractivity contribution in [1.82, 2.24) is 4.90 Å². The molecular weight excluding hydrogens is 190 g/mol. The zero-order valence-electron chi connectivity index (χ0n) is 9.91. The maximum absolute atomic E-state index is 10.7. The lowest BCUT2D eigenvalue weighted by molar-refractivity contribution is -0.138. The second-order valence-electron chi connectivity index (χ2n) is 4.60. The van der Waals surface area contributed by atoms with Crippen molar-refractivity contribution in [2.75, 3.05) is 6.54 Å². The van der Waals surface area contributed by atoms with Crippen LogP contribution < -0.4 is 0 Å². The molecule has 0 aromatic rings. The summed E-state index contributed by atoms with van der Waals surface area (Å²) in [5.74, 6) is -0.679. The minimum atomic E-state index is -0.679. The zero-order chi connectivity index (χ0) is 11.3. The van der Waals surface area contributed by atoms with E-state index in [4.69, 9.17) is 5.11 Å². The average molecular weight is 213 g/mol. The monoisotopic (exact) mass is 213 g/mol. The first-order chi connectivity index (χ1) is 7.15. The van der Waals surface area contributed by atoms with Crippen LogP contribution in [0.3, 0.4) is 0 Å². The van der Waals surface area contributed by atoms with Crippen LogP contribution in [0.25, 0.3) is 0 Å². The summed E-state index contributed by atoms with van der Waals surface area (Å²) in [5, 5.41) is 8.82. The van der Waals surface area contributed by atoms with Crippen LogP contribution >= 0.6 is 0 Å². The van der Waals surface area contributed by atoms with Crippen LogP contribution in [0.1, 0.15) is 52.4 Å². The van der Waals surface area contributed by atoms with Gasteiger partial charge in [0.15, 0.2) is 0 Å². The van der Waals surface area contributed by atoms with E-state index in [2.05, 4.69) is 11.8 Å². The molecule has 1 aliphatic heterocycles. The minimum Gasteiger partial charge on any atom is -0.481 e. The third-order valence-corrected chi connectivity index (χ3v) is 3.43. The second-order valence-corrected chi connectivity index (χ2v) is 4.60. The Morgan fingerprint density at radius 2 is 2.20 bits per heavy atom. The molecule has 0 spiro atoms.